The van der Waals surface area contributed by atoms with Crippen LogP contribution in [0.4, 0.5) is 17.6 Å². The number of alkyl halides is 3. The summed E-state index contributed by atoms with van der Waals surface area (Å²) in [5, 5.41) is 0. The van der Waals surface area contributed by atoms with E-state index in [4.69, 9.17) is 4.74 Å². The molecule has 1 aliphatic carbocycles. The van der Waals surface area contributed by atoms with Crippen molar-refractivity contribution in [3.63, 3.8) is 0 Å². The number of rotatable bonds is 4. The van der Waals surface area contributed by atoms with Crippen LogP contribution in [0.15, 0.2) is 49.1 Å². The van der Waals surface area contributed by atoms with E-state index in [9.17, 15) is 22.4 Å². The Bertz CT molecular complexity index is 1190. The lowest BCUT2D eigenvalue weighted by atomic mass is 10.1. The lowest BCUT2D eigenvalue weighted by molar-refractivity contribution is -0.137. The number of carbonyl (C=O) groups is 1. The third-order valence-electron chi connectivity index (χ3n) is 6.02. The van der Waals surface area contributed by atoms with Crippen LogP contribution in [0, 0.1) is 17.7 Å². The predicted molar refractivity (Wildman–Crippen MR) is 111 cm³/mol. The number of amides is 1. The second-order valence-electron chi connectivity index (χ2n) is 8.45. The van der Waals surface area contributed by atoms with Crippen molar-refractivity contribution in [3.8, 4) is 17.4 Å². The van der Waals surface area contributed by atoms with Gasteiger partial charge in [-0.05, 0) is 42.9 Å². The number of pyridine rings is 2. The van der Waals surface area contributed by atoms with E-state index < -0.39 is 23.7 Å². The van der Waals surface area contributed by atoms with Crippen molar-refractivity contribution in [2.75, 3.05) is 13.1 Å². The topological polar surface area (TPSA) is 81.1 Å². The summed E-state index contributed by atoms with van der Waals surface area (Å²) in [6.45, 7) is 0.773. The highest BCUT2D eigenvalue weighted by Crippen LogP contribution is 2.45. The molecule has 0 radical (unpaired) electrons. The van der Waals surface area contributed by atoms with E-state index in [0.29, 0.717) is 24.8 Å². The highest BCUT2D eigenvalue weighted by atomic mass is 19.4. The van der Waals surface area contributed by atoms with Crippen LogP contribution in [0.2, 0.25) is 0 Å². The van der Waals surface area contributed by atoms with E-state index in [2.05, 4.69) is 19.9 Å². The number of ether oxygens (including phenoxy) is 1. The summed E-state index contributed by atoms with van der Waals surface area (Å²) < 4.78 is 57.6. The fourth-order valence-electron chi connectivity index (χ4n) is 4.24. The van der Waals surface area contributed by atoms with Crippen molar-refractivity contribution in [2.45, 2.75) is 25.1 Å². The van der Waals surface area contributed by atoms with Gasteiger partial charge in [0.05, 0.1) is 30.1 Å². The average Bonchev–Trinajstić information content (AvgIpc) is 3.57. The first-order valence-electron chi connectivity index (χ1n) is 10.7. The maximum Gasteiger partial charge on any atom is 0.417 e. The summed E-state index contributed by atoms with van der Waals surface area (Å²) in [4.78, 5) is 31.1. The summed E-state index contributed by atoms with van der Waals surface area (Å²) in [6.07, 6.45) is 0.976. The molecule has 5 rings (SSSR count). The van der Waals surface area contributed by atoms with E-state index in [1.165, 1.54) is 12.3 Å². The number of likely N-dealkylation sites (tertiary alicyclic amines) is 1. The first kappa shape index (κ1) is 22.2. The quantitative estimate of drug-likeness (QED) is 0.533. The summed E-state index contributed by atoms with van der Waals surface area (Å²) in [5.41, 5.74) is -0.336. The highest BCUT2D eigenvalue weighted by Gasteiger charge is 2.45. The van der Waals surface area contributed by atoms with Gasteiger partial charge in [0.25, 0.3) is 5.91 Å². The molecule has 2 aliphatic rings. The Morgan fingerprint density at radius 3 is 2.47 bits per heavy atom. The number of aromatic nitrogens is 4. The smallest absolute Gasteiger partial charge is 0.417 e. The molecule has 4 heterocycles. The summed E-state index contributed by atoms with van der Waals surface area (Å²) >= 11 is 0. The Morgan fingerprint density at radius 1 is 0.971 bits per heavy atom. The Balaban J connectivity index is 1.36. The Hall–Kier alpha value is -3.63. The van der Waals surface area contributed by atoms with E-state index in [0.717, 1.165) is 31.1 Å². The molecule has 0 aromatic carbocycles. The van der Waals surface area contributed by atoms with Crippen LogP contribution in [0.5, 0.6) is 5.88 Å². The van der Waals surface area contributed by atoms with Crippen LogP contribution in [-0.2, 0) is 6.18 Å². The molecular formula is C23H19F4N5O2. The normalized spacial score (nSPS) is 22.0. The first-order chi connectivity index (χ1) is 16.3. The second kappa shape index (κ2) is 8.62. The summed E-state index contributed by atoms with van der Waals surface area (Å²) in [5.74, 6) is 0.0260. The number of fused-ring (bicyclic) bond motifs is 1. The van der Waals surface area contributed by atoms with Crippen molar-refractivity contribution in [1.82, 2.24) is 24.8 Å². The van der Waals surface area contributed by atoms with Crippen LogP contribution in [0.1, 0.15) is 28.8 Å². The maximum atomic E-state index is 13.5. The van der Waals surface area contributed by atoms with Crippen LogP contribution in [-0.4, -0.2) is 49.9 Å². The highest BCUT2D eigenvalue weighted by molar-refractivity contribution is 5.99. The van der Waals surface area contributed by atoms with Crippen LogP contribution < -0.4 is 4.74 Å². The van der Waals surface area contributed by atoms with Gasteiger partial charge in [0.15, 0.2) is 11.6 Å². The van der Waals surface area contributed by atoms with E-state index in [1.807, 2.05) is 0 Å². The number of nitrogens with zero attached hydrogens (tertiary/aromatic N) is 5. The van der Waals surface area contributed by atoms with Crippen molar-refractivity contribution >= 4 is 5.91 Å². The third kappa shape index (κ3) is 4.68. The van der Waals surface area contributed by atoms with Gasteiger partial charge in [-0.15, -0.1) is 0 Å². The van der Waals surface area contributed by atoms with Gasteiger partial charge in [0, 0.05) is 25.0 Å². The van der Waals surface area contributed by atoms with E-state index >= 15 is 0 Å². The first-order valence-corrected chi connectivity index (χ1v) is 10.7. The van der Waals surface area contributed by atoms with Crippen molar-refractivity contribution < 1.29 is 27.1 Å². The minimum Gasteiger partial charge on any atom is -0.472 e. The Kier molecular flexibility index (Phi) is 5.62. The molecule has 7 nitrogen and oxygen atoms in total. The van der Waals surface area contributed by atoms with E-state index in [-0.39, 0.29) is 35.4 Å². The number of hydrogen-bond acceptors (Lipinski definition) is 6. The summed E-state index contributed by atoms with van der Waals surface area (Å²) in [6, 6.07) is 5.35. The van der Waals surface area contributed by atoms with Gasteiger partial charge in [0.2, 0.25) is 5.88 Å². The fourth-order valence-corrected chi connectivity index (χ4v) is 4.24. The van der Waals surface area contributed by atoms with Crippen molar-refractivity contribution in [3.05, 3.63) is 66.0 Å². The van der Waals surface area contributed by atoms with Crippen LogP contribution >= 0.6 is 0 Å². The van der Waals surface area contributed by atoms with E-state index in [1.54, 1.807) is 17.0 Å². The monoisotopic (exact) mass is 473 g/mol. The molecule has 1 aliphatic heterocycles. The number of halogens is 4. The minimum atomic E-state index is -4.48. The molecule has 0 spiro atoms. The molecule has 1 amide bonds. The average molecular weight is 473 g/mol. The maximum absolute atomic E-state index is 13.5. The second-order valence-corrected chi connectivity index (χ2v) is 8.45. The molecule has 3 atom stereocenters. The van der Waals surface area contributed by atoms with Gasteiger partial charge in [-0.3, -0.25) is 9.78 Å². The van der Waals surface area contributed by atoms with Gasteiger partial charge >= 0.3 is 6.18 Å². The molecule has 3 aromatic heterocycles. The fraction of sp³-hybridized carbons (Fsp3) is 0.348. The van der Waals surface area contributed by atoms with Gasteiger partial charge in [-0.2, -0.15) is 13.2 Å². The Morgan fingerprint density at radius 2 is 1.76 bits per heavy atom. The lowest BCUT2D eigenvalue weighted by Gasteiger charge is -2.26. The van der Waals surface area contributed by atoms with Crippen LogP contribution in [0.3, 0.4) is 0 Å². The zero-order valence-corrected chi connectivity index (χ0v) is 17.7. The molecule has 2 fully saturated rings. The molecule has 0 N–H and O–H groups in total. The molecule has 1 saturated carbocycles. The zero-order chi connectivity index (χ0) is 23.9. The number of carbonyl (C=O) groups excluding carboxylic acids is 1. The molecule has 3 unspecified atom stereocenters. The zero-order valence-electron chi connectivity index (χ0n) is 17.7. The van der Waals surface area contributed by atoms with Gasteiger partial charge in [-0.25, -0.2) is 19.3 Å². The standard InChI is InChI=1S/C23H19F4N5O2/c24-16-9-30-21(31-10-16)20-18(2-1-5-28-20)22(33)32-11-14-6-13(14)7-17(12-32)34-19-4-3-15(8-29-19)23(25,26)27/h1-5,8-10,13-14,17H,6-7,11-12H2. The summed E-state index contributed by atoms with van der Waals surface area (Å²) in [7, 11) is 0. The van der Waals surface area contributed by atoms with Gasteiger partial charge in [-0.1, -0.05) is 0 Å². The molecule has 176 valence electrons. The van der Waals surface area contributed by atoms with Crippen molar-refractivity contribution in [2.24, 2.45) is 11.8 Å². The molecule has 3 aromatic rings. The SMILES string of the molecule is O=C(c1cccnc1-c1ncc(F)cn1)N1CC(Oc2ccc(C(F)(F)F)cn2)CC2CC2C1. The largest absolute Gasteiger partial charge is 0.472 e. The third-order valence-corrected chi connectivity index (χ3v) is 6.02. The molecule has 11 heteroatoms. The lowest BCUT2D eigenvalue weighted by Crippen LogP contribution is -2.40. The van der Waals surface area contributed by atoms with Gasteiger partial charge < -0.3 is 9.64 Å². The number of hydrogen-bond donors (Lipinski definition) is 0. The van der Waals surface area contributed by atoms with Gasteiger partial charge in [0.1, 0.15) is 11.8 Å². The Labute approximate surface area is 191 Å². The van der Waals surface area contributed by atoms with Crippen LogP contribution in [0.25, 0.3) is 11.5 Å². The molecule has 1 saturated heterocycles. The minimum absolute atomic E-state index is 0.0753. The van der Waals surface area contributed by atoms with Crippen molar-refractivity contribution in [1.29, 1.82) is 0 Å². The predicted octanol–water partition coefficient (Wildman–Crippen LogP) is 4.02. The molecule has 34 heavy (non-hydrogen) atoms. The molecule has 0 bridgehead atoms. The molecular weight excluding hydrogens is 454 g/mol.